The van der Waals surface area contributed by atoms with E-state index in [0.717, 1.165) is 77.1 Å². The Balaban J connectivity index is 0.00000236. The van der Waals surface area contributed by atoms with E-state index in [4.69, 9.17) is 9.47 Å². The van der Waals surface area contributed by atoms with Gasteiger partial charge in [-0.2, -0.15) is 22.9 Å². The van der Waals surface area contributed by atoms with E-state index < -0.39 is 0 Å². The van der Waals surface area contributed by atoms with E-state index in [1.807, 2.05) is 89.5 Å². The Morgan fingerprint density at radius 3 is 1.33 bits per heavy atom. The number of para-hydroxylation sites is 2. The second-order valence-electron chi connectivity index (χ2n) is 14.8. The first-order valence-corrected chi connectivity index (χ1v) is 19.7. The Kier molecular flexibility index (Phi) is 10.2. The first kappa shape index (κ1) is 40.1. The van der Waals surface area contributed by atoms with Crippen LogP contribution < -0.4 is 9.47 Å². The van der Waals surface area contributed by atoms with E-state index in [1.165, 1.54) is 12.7 Å². The molecular formula is C51H30N8O2Pt2. The van der Waals surface area contributed by atoms with Gasteiger partial charge in [0.15, 0.2) is 0 Å². The quantitative estimate of drug-likeness (QED) is 0.147. The Labute approximate surface area is 389 Å². The average Bonchev–Trinajstić information content (AvgIpc) is 3.92. The number of rotatable bonds is 7. The fraction of sp³-hybridized carbons (Fsp3) is 0.0392. The molecule has 0 saturated carbocycles. The summed E-state index contributed by atoms with van der Waals surface area (Å²) in [4.78, 5) is 22.6. The van der Waals surface area contributed by atoms with Crippen LogP contribution in [0.15, 0.2) is 146 Å². The van der Waals surface area contributed by atoms with Gasteiger partial charge < -0.3 is 23.2 Å². The Morgan fingerprint density at radius 2 is 0.873 bits per heavy atom. The van der Waals surface area contributed by atoms with Gasteiger partial charge in [-0.1, -0.05) is 95.2 Å². The number of hydrogen-bond acceptors (Lipinski definition) is 7. The number of aromatic nitrogens is 8. The van der Waals surface area contributed by atoms with Crippen molar-refractivity contribution in [1.29, 1.82) is 0 Å². The number of pyridine rings is 2. The number of fused-ring (bicyclic) bond motifs is 9. The topological polar surface area (TPSA) is 97.7 Å². The molecule has 10 nitrogen and oxygen atoms in total. The van der Waals surface area contributed by atoms with Crippen molar-refractivity contribution in [1.82, 2.24) is 38.6 Å². The second kappa shape index (κ2) is 16.0. The molecule has 63 heavy (non-hydrogen) atoms. The summed E-state index contributed by atoms with van der Waals surface area (Å²) in [5.74, 6) is 4.12. The summed E-state index contributed by atoms with van der Waals surface area (Å²) in [7, 11) is 0. The SMILES string of the molecule is Cc1cc(Oc2[c-]c3c(cc2)c2ccc(Oc4[c-]c5c(c(C)c4)c4ccccc4n5-c4ccccn4)[c-]c2n3-c2ncncn2)[c-]c2c1c1ccccc1n2-c1ccccn1.[Pt+2].[Pt+2]. The Bertz CT molecular complexity index is 3460. The molecule has 0 aliphatic carbocycles. The normalized spacial score (nSPS) is 11.4. The third-order valence-electron chi connectivity index (χ3n) is 11.1. The van der Waals surface area contributed by atoms with Crippen LogP contribution in [-0.4, -0.2) is 38.6 Å². The van der Waals surface area contributed by atoms with Gasteiger partial charge in [-0.3, -0.25) is 0 Å². The molecule has 6 aromatic carbocycles. The first-order chi connectivity index (χ1) is 30.1. The molecule has 12 aromatic rings. The van der Waals surface area contributed by atoms with E-state index in [2.05, 4.69) is 109 Å². The summed E-state index contributed by atoms with van der Waals surface area (Å²) in [6.45, 7) is 4.19. The molecule has 0 bridgehead atoms. The largest absolute Gasteiger partial charge is 2.00 e. The van der Waals surface area contributed by atoms with Crippen molar-refractivity contribution in [2.24, 2.45) is 0 Å². The molecule has 306 valence electrons. The van der Waals surface area contributed by atoms with Gasteiger partial charge >= 0.3 is 42.1 Å². The van der Waals surface area contributed by atoms with E-state index in [-0.39, 0.29) is 42.1 Å². The number of benzene rings is 6. The van der Waals surface area contributed by atoms with E-state index in [0.29, 0.717) is 40.0 Å². The molecule has 0 spiro atoms. The van der Waals surface area contributed by atoms with E-state index >= 15 is 0 Å². The zero-order valence-corrected chi connectivity index (χ0v) is 37.9. The Morgan fingerprint density at radius 1 is 0.429 bits per heavy atom. The molecule has 0 aliphatic rings. The van der Waals surface area contributed by atoms with Gasteiger partial charge in [0, 0.05) is 46.4 Å². The van der Waals surface area contributed by atoms with Crippen LogP contribution in [0.5, 0.6) is 23.0 Å². The van der Waals surface area contributed by atoms with Crippen LogP contribution in [0.1, 0.15) is 11.1 Å². The summed E-state index contributed by atoms with van der Waals surface area (Å²) in [6, 6.07) is 54.6. The van der Waals surface area contributed by atoms with Crippen LogP contribution in [0.25, 0.3) is 83.0 Å². The van der Waals surface area contributed by atoms with Gasteiger partial charge in [-0.15, -0.1) is 59.7 Å². The second-order valence-corrected chi connectivity index (χ2v) is 14.8. The van der Waals surface area contributed by atoms with Crippen molar-refractivity contribution >= 4 is 65.4 Å². The number of aryl methyl sites for hydroxylation is 2. The summed E-state index contributed by atoms with van der Waals surface area (Å²) in [5.41, 5.74) is 7.37. The number of ether oxygens (including phenoxy) is 2. The van der Waals surface area contributed by atoms with Crippen molar-refractivity contribution < 1.29 is 51.6 Å². The van der Waals surface area contributed by atoms with E-state index in [1.54, 1.807) is 12.4 Å². The van der Waals surface area contributed by atoms with Crippen LogP contribution in [-0.2, 0) is 42.1 Å². The van der Waals surface area contributed by atoms with Gasteiger partial charge in [0.1, 0.15) is 24.3 Å². The maximum absolute atomic E-state index is 6.60. The molecule has 0 atom stereocenters. The number of nitrogens with zero attached hydrogens (tertiary/aromatic N) is 8. The van der Waals surface area contributed by atoms with Gasteiger partial charge in [0.05, 0.1) is 0 Å². The molecule has 0 radical (unpaired) electrons. The predicted molar refractivity (Wildman–Crippen MR) is 236 cm³/mol. The van der Waals surface area contributed by atoms with Crippen LogP contribution in [0.4, 0.5) is 0 Å². The number of hydrogen-bond donors (Lipinski definition) is 0. The van der Waals surface area contributed by atoms with Gasteiger partial charge in [-0.05, 0) is 47.2 Å². The van der Waals surface area contributed by atoms with Crippen molar-refractivity contribution in [2.75, 3.05) is 0 Å². The minimum absolute atomic E-state index is 0. The molecule has 0 amide bonds. The van der Waals surface area contributed by atoms with E-state index in [9.17, 15) is 0 Å². The molecule has 6 aromatic heterocycles. The molecule has 0 aliphatic heterocycles. The maximum Gasteiger partial charge on any atom is 2.00 e. The van der Waals surface area contributed by atoms with Gasteiger partial charge in [-0.25, -0.2) is 24.9 Å². The molecule has 0 fully saturated rings. The van der Waals surface area contributed by atoms with Gasteiger partial charge in [0.25, 0.3) is 0 Å². The minimum atomic E-state index is 0. The third-order valence-corrected chi connectivity index (χ3v) is 11.1. The van der Waals surface area contributed by atoms with Crippen molar-refractivity contribution in [3.05, 3.63) is 182 Å². The van der Waals surface area contributed by atoms with Crippen LogP contribution >= 0.6 is 0 Å². The standard InChI is InChI=1S/C51H30N8O2.2Pt/c1-31-23-35(27-45-49(31)39-11-3-5-13-41(39)57(45)47-15-7-9-21-53-47)60-33-17-19-37-38-20-18-34(26-44(38)59(43(37)25-33)51-55-29-52-30-56-51)61-36-24-32(2)50-40-12-4-6-14-42(40)58(46(50)28-36)48-16-8-10-22-54-48;;/h3-24,29-30H,1-2H3;;/q-4;2*+2. The summed E-state index contributed by atoms with van der Waals surface area (Å²) in [5, 5.41) is 6.28. The van der Waals surface area contributed by atoms with Crippen LogP contribution in [0.2, 0.25) is 0 Å². The molecule has 12 rings (SSSR count). The molecule has 0 saturated heterocycles. The minimum Gasteiger partial charge on any atom is -0.509 e. The third kappa shape index (κ3) is 6.60. The fourth-order valence-electron chi connectivity index (χ4n) is 8.65. The molecular weight excluding hydrogens is 1150 g/mol. The first-order valence-electron chi connectivity index (χ1n) is 19.7. The van der Waals surface area contributed by atoms with Crippen molar-refractivity contribution in [3.8, 4) is 40.6 Å². The fourth-order valence-corrected chi connectivity index (χ4v) is 8.65. The molecule has 12 heteroatoms. The van der Waals surface area contributed by atoms with Crippen molar-refractivity contribution in [3.63, 3.8) is 0 Å². The van der Waals surface area contributed by atoms with Crippen LogP contribution in [0.3, 0.4) is 0 Å². The van der Waals surface area contributed by atoms with Crippen LogP contribution in [0, 0.1) is 38.1 Å². The summed E-state index contributed by atoms with van der Waals surface area (Å²) >= 11 is 0. The molecule has 0 N–H and O–H groups in total. The zero-order valence-electron chi connectivity index (χ0n) is 33.4. The predicted octanol–water partition coefficient (Wildman–Crippen LogP) is 11.4. The van der Waals surface area contributed by atoms with Gasteiger partial charge in [0.2, 0.25) is 5.95 Å². The average molecular weight is 1180 g/mol. The monoisotopic (exact) mass is 1180 g/mol. The maximum atomic E-state index is 6.60. The smallest absolute Gasteiger partial charge is 0.509 e. The zero-order chi connectivity index (χ0) is 40.6. The summed E-state index contributed by atoms with van der Waals surface area (Å²) in [6.07, 6.45) is 6.55. The van der Waals surface area contributed by atoms with Crippen molar-refractivity contribution in [2.45, 2.75) is 13.8 Å². The summed E-state index contributed by atoms with van der Waals surface area (Å²) < 4.78 is 19.4. The Hall–Kier alpha value is -6.99. The molecule has 6 heterocycles. The molecule has 0 unspecified atom stereocenters.